The summed E-state index contributed by atoms with van der Waals surface area (Å²) < 4.78 is 11.6. The minimum absolute atomic E-state index is 0.0102. The molecule has 0 aliphatic rings. The Balaban J connectivity index is 1.99. The van der Waals surface area contributed by atoms with Gasteiger partial charge in [-0.15, -0.1) is 0 Å². The quantitative estimate of drug-likeness (QED) is 0.431. The Hall–Kier alpha value is -2.29. The predicted octanol–water partition coefficient (Wildman–Crippen LogP) is 5.43. The number of carbonyl (C=O) groups excluding carboxylic acids is 1. The van der Waals surface area contributed by atoms with Gasteiger partial charge in [0.1, 0.15) is 18.1 Å². The third-order valence-corrected chi connectivity index (χ3v) is 3.80. The maximum Gasteiger partial charge on any atom is 0.160 e. The van der Waals surface area contributed by atoms with Crippen LogP contribution in [0, 0.1) is 0 Å². The van der Waals surface area contributed by atoms with Crippen LogP contribution in [0.5, 0.6) is 11.5 Å². The van der Waals surface area contributed by atoms with E-state index in [1.165, 1.54) is 19.3 Å². The van der Waals surface area contributed by atoms with Crippen LogP contribution in [-0.2, 0) is 6.61 Å². The monoisotopic (exact) mass is 326 g/mol. The van der Waals surface area contributed by atoms with Crippen LogP contribution in [0.4, 0.5) is 0 Å². The Morgan fingerprint density at radius 1 is 0.917 bits per heavy atom. The average Bonchev–Trinajstić information content (AvgIpc) is 2.60. The predicted molar refractivity (Wildman–Crippen MR) is 96.9 cm³/mol. The Morgan fingerprint density at radius 2 is 1.62 bits per heavy atom. The number of hydrogen-bond donors (Lipinski definition) is 0. The molecule has 2 rings (SSSR count). The van der Waals surface area contributed by atoms with Crippen LogP contribution in [0.25, 0.3) is 0 Å². The van der Waals surface area contributed by atoms with E-state index in [2.05, 4.69) is 6.92 Å². The lowest BCUT2D eigenvalue weighted by Crippen LogP contribution is -2.02. The zero-order valence-electron chi connectivity index (χ0n) is 14.6. The molecule has 0 radical (unpaired) electrons. The molecular formula is C21H26O3. The summed E-state index contributed by atoms with van der Waals surface area (Å²) in [6.07, 6.45) is 4.62. The molecule has 3 heteroatoms. The zero-order valence-corrected chi connectivity index (χ0v) is 14.6. The number of benzene rings is 2. The maximum absolute atomic E-state index is 11.7. The molecule has 0 bridgehead atoms. The van der Waals surface area contributed by atoms with Gasteiger partial charge in [0.15, 0.2) is 5.78 Å². The fraction of sp³-hybridized carbons (Fsp3) is 0.381. The Bertz CT molecular complexity index is 635. The molecular weight excluding hydrogens is 300 g/mol. The first-order chi connectivity index (χ1) is 11.7. The molecule has 0 fully saturated rings. The fourth-order valence-electron chi connectivity index (χ4n) is 2.40. The summed E-state index contributed by atoms with van der Waals surface area (Å²) in [6.45, 7) is 4.88. The molecule has 0 saturated carbocycles. The molecule has 0 aromatic heterocycles. The lowest BCUT2D eigenvalue weighted by molar-refractivity contribution is 0.101. The first kappa shape index (κ1) is 18.1. The SMILES string of the molecule is CCCCCCOc1cc(OCc2ccccc2)cc(C(C)=O)c1. The lowest BCUT2D eigenvalue weighted by Gasteiger charge is -2.12. The van der Waals surface area contributed by atoms with E-state index in [1.807, 2.05) is 36.4 Å². The van der Waals surface area contributed by atoms with E-state index in [9.17, 15) is 4.79 Å². The highest BCUT2D eigenvalue weighted by Gasteiger charge is 2.07. The third-order valence-electron chi connectivity index (χ3n) is 3.80. The van der Waals surface area contributed by atoms with E-state index < -0.39 is 0 Å². The second-order valence-corrected chi connectivity index (χ2v) is 5.93. The van der Waals surface area contributed by atoms with Gasteiger partial charge in [0.05, 0.1) is 6.61 Å². The molecule has 0 unspecified atom stereocenters. The van der Waals surface area contributed by atoms with E-state index in [-0.39, 0.29) is 5.78 Å². The third kappa shape index (κ3) is 6.07. The standard InChI is InChI=1S/C21H26O3/c1-3-4-5-9-12-23-20-13-19(17(2)22)14-21(15-20)24-16-18-10-7-6-8-11-18/h6-8,10-11,13-15H,3-5,9,12,16H2,1-2H3. The van der Waals surface area contributed by atoms with Gasteiger partial charge in [0, 0.05) is 11.6 Å². The Kier molecular flexibility index (Phi) is 7.34. The van der Waals surface area contributed by atoms with Crippen molar-refractivity contribution >= 4 is 5.78 Å². The van der Waals surface area contributed by atoms with Crippen LogP contribution >= 0.6 is 0 Å². The topological polar surface area (TPSA) is 35.5 Å². The molecule has 2 aromatic rings. The molecule has 0 atom stereocenters. The number of hydrogen-bond acceptors (Lipinski definition) is 3. The van der Waals surface area contributed by atoms with E-state index >= 15 is 0 Å². The molecule has 0 heterocycles. The van der Waals surface area contributed by atoms with Crippen molar-refractivity contribution in [2.45, 2.75) is 46.1 Å². The van der Waals surface area contributed by atoms with Crippen LogP contribution < -0.4 is 9.47 Å². The van der Waals surface area contributed by atoms with E-state index in [1.54, 1.807) is 19.1 Å². The normalized spacial score (nSPS) is 10.4. The van der Waals surface area contributed by atoms with Gasteiger partial charge >= 0.3 is 0 Å². The number of carbonyl (C=O) groups is 1. The minimum Gasteiger partial charge on any atom is -0.493 e. The summed E-state index contributed by atoms with van der Waals surface area (Å²) in [5.41, 5.74) is 1.71. The van der Waals surface area contributed by atoms with Crippen molar-refractivity contribution in [2.24, 2.45) is 0 Å². The minimum atomic E-state index is 0.0102. The van der Waals surface area contributed by atoms with Crippen molar-refractivity contribution in [3.63, 3.8) is 0 Å². The highest BCUT2D eigenvalue weighted by Crippen LogP contribution is 2.24. The molecule has 0 spiro atoms. The first-order valence-electron chi connectivity index (χ1n) is 8.64. The summed E-state index contributed by atoms with van der Waals surface area (Å²) in [6, 6.07) is 15.4. The van der Waals surface area contributed by atoms with Crippen molar-refractivity contribution < 1.29 is 14.3 Å². The van der Waals surface area contributed by atoms with Crippen molar-refractivity contribution in [1.29, 1.82) is 0 Å². The molecule has 0 N–H and O–H groups in total. The molecule has 0 aliphatic heterocycles. The highest BCUT2D eigenvalue weighted by molar-refractivity contribution is 5.94. The smallest absolute Gasteiger partial charge is 0.160 e. The van der Waals surface area contributed by atoms with Gasteiger partial charge in [0.25, 0.3) is 0 Å². The summed E-state index contributed by atoms with van der Waals surface area (Å²) in [4.78, 5) is 11.7. The molecule has 0 saturated heterocycles. The number of ether oxygens (including phenoxy) is 2. The zero-order chi connectivity index (χ0) is 17.2. The molecule has 128 valence electrons. The van der Waals surface area contributed by atoms with Gasteiger partial charge in [-0.2, -0.15) is 0 Å². The number of ketones is 1. The maximum atomic E-state index is 11.7. The number of rotatable bonds is 10. The van der Waals surface area contributed by atoms with Gasteiger partial charge < -0.3 is 9.47 Å². The summed E-state index contributed by atoms with van der Waals surface area (Å²) in [7, 11) is 0. The summed E-state index contributed by atoms with van der Waals surface area (Å²) >= 11 is 0. The number of Topliss-reactive ketones (excluding diaryl/α,β-unsaturated/α-hetero) is 1. The van der Waals surface area contributed by atoms with Gasteiger partial charge in [-0.1, -0.05) is 56.5 Å². The highest BCUT2D eigenvalue weighted by atomic mass is 16.5. The second kappa shape index (κ2) is 9.76. The molecule has 24 heavy (non-hydrogen) atoms. The summed E-state index contributed by atoms with van der Waals surface area (Å²) in [5.74, 6) is 1.37. The van der Waals surface area contributed by atoms with Crippen molar-refractivity contribution in [2.75, 3.05) is 6.61 Å². The number of unbranched alkanes of at least 4 members (excludes halogenated alkanes) is 3. The molecule has 2 aromatic carbocycles. The van der Waals surface area contributed by atoms with Gasteiger partial charge in [-0.3, -0.25) is 4.79 Å². The van der Waals surface area contributed by atoms with Crippen LogP contribution in [0.15, 0.2) is 48.5 Å². The summed E-state index contributed by atoms with van der Waals surface area (Å²) in [5, 5.41) is 0. The van der Waals surface area contributed by atoms with Crippen molar-refractivity contribution in [1.82, 2.24) is 0 Å². The van der Waals surface area contributed by atoms with Gasteiger partial charge in [-0.25, -0.2) is 0 Å². The largest absolute Gasteiger partial charge is 0.493 e. The first-order valence-corrected chi connectivity index (χ1v) is 8.64. The van der Waals surface area contributed by atoms with Crippen LogP contribution in [0.3, 0.4) is 0 Å². The van der Waals surface area contributed by atoms with Gasteiger partial charge in [-0.05, 0) is 31.0 Å². The lowest BCUT2D eigenvalue weighted by atomic mass is 10.1. The Morgan fingerprint density at radius 3 is 2.29 bits per heavy atom. The van der Waals surface area contributed by atoms with E-state index in [4.69, 9.17) is 9.47 Å². The van der Waals surface area contributed by atoms with Crippen molar-refractivity contribution in [3.8, 4) is 11.5 Å². The van der Waals surface area contributed by atoms with Crippen LogP contribution in [-0.4, -0.2) is 12.4 Å². The van der Waals surface area contributed by atoms with Gasteiger partial charge in [0.2, 0.25) is 0 Å². The Labute approximate surface area is 144 Å². The average molecular weight is 326 g/mol. The van der Waals surface area contributed by atoms with Crippen LogP contribution in [0.1, 0.15) is 55.5 Å². The van der Waals surface area contributed by atoms with Crippen molar-refractivity contribution in [3.05, 3.63) is 59.7 Å². The molecule has 0 aliphatic carbocycles. The molecule has 0 amide bonds. The van der Waals surface area contributed by atoms with Crippen LogP contribution in [0.2, 0.25) is 0 Å². The molecule has 3 nitrogen and oxygen atoms in total. The van der Waals surface area contributed by atoms with E-state index in [0.29, 0.717) is 30.3 Å². The van der Waals surface area contributed by atoms with E-state index in [0.717, 1.165) is 12.0 Å². The second-order valence-electron chi connectivity index (χ2n) is 5.93. The fourth-order valence-corrected chi connectivity index (χ4v) is 2.40.